The Morgan fingerprint density at radius 2 is 1.20 bits per heavy atom. The van der Waals surface area contributed by atoms with Crippen molar-refractivity contribution < 1.29 is 37.2 Å². The van der Waals surface area contributed by atoms with Gasteiger partial charge in [-0.3, -0.25) is 14.6 Å². The van der Waals surface area contributed by atoms with Crippen molar-refractivity contribution >= 4 is 56.5 Å². The van der Waals surface area contributed by atoms with Crippen LogP contribution in [0.25, 0.3) is 0 Å². The van der Waals surface area contributed by atoms with Crippen LogP contribution in [-0.4, -0.2) is 24.5 Å². The van der Waals surface area contributed by atoms with Crippen LogP contribution in [-0.2, 0) is 19.5 Å². The van der Waals surface area contributed by atoms with E-state index < -0.39 is 15.9 Å². The van der Waals surface area contributed by atoms with Gasteiger partial charge >= 0.3 is 0 Å². The third-order valence-corrected chi connectivity index (χ3v) is 9.84. The number of fused-ring (bicyclic) bond motifs is 2. The van der Waals surface area contributed by atoms with Gasteiger partial charge in [-0.2, -0.15) is 4.33 Å². The van der Waals surface area contributed by atoms with Crippen molar-refractivity contribution in [3.63, 3.8) is 0 Å². The van der Waals surface area contributed by atoms with E-state index in [2.05, 4.69) is 20.0 Å². The Kier molecular flexibility index (Phi) is 8.42. The van der Waals surface area contributed by atoms with Gasteiger partial charge in [0.05, 0.1) is 39.4 Å². The topological polar surface area (TPSA) is 157 Å². The highest BCUT2D eigenvalue weighted by molar-refractivity contribution is 7.94. The fraction of sp³-hybridized carbons (Fsp3) is 0.188. The van der Waals surface area contributed by atoms with Crippen LogP contribution in [0.2, 0.25) is 0 Å². The zero-order valence-corrected chi connectivity index (χ0v) is 26.3. The molecule has 10 nitrogen and oxygen atoms in total. The summed E-state index contributed by atoms with van der Waals surface area (Å²) in [6.45, 7) is 10.4. The van der Waals surface area contributed by atoms with Crippen molar-refractivity contribution in [1.82, 2.24) is 0 Å². The average Bonchev–Trinajstić information content (AvgIpc) is 2.94. The molecule has 0 atom stereocenters. The first-order chi connectivity index (χ1) is 20.8. The van der Waals surface area contributed by atoms with Gasteiger partial charge in [0.1, 0.15) is 10.1 Å². The van der Waals surface area contributed by atoms with E-state index in [-0.39, 0.29) is 38.5 Å². The highest BCUT2D eigenvalue weighted by atomic mass is 32.2. The fourth-order valence-corrected chi connectivity index (χ4v) is 7.44. The lowest BCUT2D eigenvalue weighted by Gasteiger charge is -2.26. The van der Waals surface area contributed by atoms with E-state index in [1.54, 1.807) is 56.3 Å². The van der Waals surface area contributed by atoms with Crippen molar-refractivity contribution in [2.45, 2.75) is 51.3 Å². The van der Waals surface area contributed by atoms with E-state index in [1.807, 2.05) is 26.8 Å². The minimum Gasteiger partial charge on any atom is -0.744 e. The molecule has 1 aliphatic rings. The van der Waals surface area contributed by atoms with Gasteiger partial charge < -0.3 is 20.4 Å². The van der Waals surface area contributed by atoms with E-state index in [1.165, 1.54) is 6.92 Å². The van der Waals surface area contributed by atoms with Crippen LogP contribution in [0.1, 0.15) is 65.2 Å². The molecule has 0 fully saturated rings. The molecule has 5 rings (SSSR count). The molecular weight excluding hydrogens is 604 g/mol. The van der Waals surface area contributed by atoms with E-state index >= 15 is 0 Å². The lowest BCUT2D eigenvalue weighted by molar-refractivity contribution is -0.777. The highest BCUT2D eigenvalue weighted by Crippen LogP contribution is 2.41. The summed E-state index contributed by atoms with van der Waals surface area (Å²) in [6, 6.07) is 13.3. The third-order valence-electron chi connectivity index (χ3n) is 7.79. The Balaban J connectivity index is 1.63. The highest BCUT2D eigenvalue weighted by Gasteiger charge is 2.34. The Hall–Kier alpha value is -4.04. The molecule has 0 aromatic heterocycles. The first kappa shape index (κ1) is 31.4. The number of anilines is 4. The van der Waals surface area contributed by atoms with Gasteiger partial charge in [-0.15, -0.1) is 0 Å². The third kappa shape index (κ3) is 5.40. The first-order valence-corrected chi connectivity index (χ1v) is 15.6. The molecule has 228 valence electrons. The second-order valence-electron chi connectivity index (χ2n) is 10.7. The number of carbonyl (C=O) groups excluding carboxylic acids is 2. The monoisotopic (exact) mass is 632 g/mol. The van der Waals surface area contributed by atoms with Gasteiger partial charge in [-0.1, -0.05) is 36.4 Å². The summed E-state index contributed by atoms with van der Waals surface area (Å²) >= 11 is 0.775. The maximum absolute atomic E-state index is 14.3. The van der Waals surface area contributed by atoms with E-state index in [0.717, 1.165) is 28.7 Å². The average molecular weight is 633 g/mol. The van der Waals surface area contributed by atoms with Crippen LogP contribution in [0.5, 0.6) is 0 Å². The number of ketones is 2. The smallest absolute Gasteiger partial charge is 0.198 e. The molecule has 0 heterocycles. The van der Waals surface area contributed by atoms with Gasteiger partial charge in [0.25, 0.3) is 0 Å². The lowest BCUT2D eigenvalue weighted by atomic mass is 9.82. The summed E-state index contributed by atoms with van der Waals surface area (Å²) < 4.78 is 40.8. The van der Waals surface area contributed by atoms with Crippen LogP contribution in [0.15, 0.2) is 58.3 Å². The number of hydrogen-bond donors (Lipinski definition) is 2. The van der Waals surface area contributed by atoms with Crippen LogP contribution in [0, 0.1) is 41.5 Å². The molecule has 12 heteroatoms. The maximum atomic E-state index is 14.3. The molecule has 1 aliphatic carbocycles. The minimum atomic E-state index is -4.78. The second-order valence-corrected chi connectivity index (χ2v) is 12.7. The van der Waals surface area contributed by atoms with Crippen LogP contribution < -0.4 is 15.9 Å². The predicted molar refractivity (Wildman–Crippen MR) is 164 cm³/mol. The summed E-state index contributed by atoms with van der Waals surface area (Å²) in [5.74, 6) is -0.767. The Bertz CT molecular complexity index is 1990. The zero-order chi connectivity index (χ0) is 32.1. The van der Waals surface area contributed by atoms with Crippen molar-refractivity contribution in [2.24, 2.45) is 0 Å². The normalized spacial score (nSPS) is 12.6. The molecule has 44 heavy (non-hydrogen) atoms. The van der Waals surface area contributed by atoms with E-state index in [0.29, 0.717) is 38.8 Å². The van der Waals surface area contributed by atoms with Crippen molar-refractivity contribution in [1.29, 1.82) is 0 Å². The van der Waals surface area contributed by atoms with Gasteiger partial charge in [0, 0.05) is 27.4 Å². The minimum absolute atomic E-state index is 0.125. The van der Waals surface area contributed by atoms with Gasteiger partial charge in [0.15, 0.2) is 11.6 Å². The molecular formula is C32H28N2O8S2-2. The zero-order valence-electron chi connectivity index (χ0n) is 24.7. The Labute approximate surface area is 259 Å². The first-order valence-electron chi connectivity index (χ1n) is 13.5. The standard InChI is InChI=1S/C32H30N2O8S2/c1-15-13-17(3)31(43-42-41-37)19(5)27(15)33-23-11-7-9-21-25(23)30(36)26-22(29(21)35)10-8-12-24(26)34-28-16(2)14-18(4)32(20(28)6)44(38,39)40/h7-14,33-34,37H,1-6H3,(H,38,39,40)/p-2. The van der Waals surface area contributed by atoms with Crippen molar-refractivity contribution in [3.05, 3.63) is 104 Å². The molecule has 0 bridgehead atoms. The molecule has 0 amide bonds. The SMILES string of the molecule is Cc1cc(C)c(SOO[O-])c(C)c1Nc1cccc2c1C(=O)c1c(Nc3c(C)cc(C)c(S(=O)(=O)[O-])c3C)cccc1C2=O. The summed E-state index contributed by atoms with van der Waals surface area (Å²) in [4.78, 5) is 28.4. The molecule has 2 N–H and O–H groups in total. The number of benzene rings is 4. The molecule has 4 aromatic carbocycles. The summed E-state index contributed by atoms with van der Waals surface area (Å²) in [5, 5.41) is 20.5. The van der Waals surface area contributed by atoms with Crippen molar-refractivity contribution in [2.75, 3.05) is 10.6 Å². The van der Waals surface area contributed by atoms with Gasteiger partial charge in [0.2, 0.25) is 0 Å². The van der Waals surface area contributed by atoms with Crippen LogP contribution >= 0.6 is 12.0 Å². The Morgan fingerprint density at radius 1 is 0.705 bits per heavy atom. The van der Waals surface area contributed by atoms with Crippen molar-refractivity contribution in [3.8, 4) is 0 Å². The second kappa shape index (κ2) is 11.8. The summed E-state index contributed by atoms with van der Waals surface area (Å²) in [5.41, 5.74) is 6.09. The molecule has 4 aromatic rings. The fourth-order valence-electron chi connectivity index (χ4n) is 6.00. The summed E-state index contributed by atoms with van der Waals surface area (Å²) in [6.07, 6.45) is 0. The molecule has 0 spiro atoms. The quantitative estimate of drug-likeness (QED) is 0.0904. The molecule has 0 unspecified atom stereocenters. The lowest BCUT2D eigenvalue weighted by Crippen LogP contribution is -2.23. The summed E-state index contributed by atoms with van der Waals surface area (Å²) in [7, 11) is -4.78. The van der Waals surface area contributed by atoms with Crippen LogP contribution in [0.4, 0.5) is 22.7 Å². The number of carbonyl (C=O) groups is 2. The molecule has 0 aliphatic heterocycles. The van der Waals surface area contributed by atoms with Crippen LogP contribution in [0.3, 0.4) is 0 Å². The number of rotatable bonds is 8. The predicted octanol–water partition coefficient (Wildman–Crippen LogP) is 5.93. The molecule has 0 radical (unpaired) electrons. The van der Waals surface area contributed by atoms with E-state index in [9.17, 15) is 27.8 Å². The van der Waals surface area contributed by atoms with Gasteiger partial charge in [-0.05, 0) is 87.1 Å². The molecule has 0 saturated heterocycles. The number of nitrogens with one attached hydrogen (secondary N) is 2. The van der Waals surface area contributed by atoms with Gasteiger partial charge in [-0.25, -0.2) is 8.42 Å². The largest absolute Gasteiger partial charge is 0.744 e. The van der Waals surface area contributed by atoms with E-state index in [4.69, 9.17) is 0 Å². The maximum Gasteiger partial charge on any atom is 0.198 e. The number of hydrogen-bond acceptors (Lipinski definition) is 11. The Morgan fingerprint density at radius 3 is 1.70 bits per heavy atom. The molecule has 0 saturated carbocycles. The number of aryl methyl sites for hydroxylation is 4.